The highest BCUT2D eigenvalue weighted by Crippen LogP contribution is 2.28. The monoisotopic (exact) mass is 222 g/mol. The van der Waals surface area contributed by atoms with Crippen LogP contribution >= 0.6 is 0 Å². The molecule has 0 aliphatic rings. The van der Waals surface area contributed by atoms with Gasteiger partial charge in [-0.25, -0.2) is 0 Å². The topological polar surface area (TPSA) is 38.7 Å². The van der Waals surface area contributed by atoms with Gasteiger partial charge in [-0.15, -0.1) is 0 Å². The Bertz CT molecular complexity index is 363. The van der Waals surface area contributed by atoms with Crippen LogP contribution in [-0.4, -0.2) is 25.9 Å². The SMILES string of the molecule is CCC(=Cc1ccc(OC)c(OC)c1)CO. The largest absolute Gasteiger partial charge is 0.493 e. The van der Waals surface area contributed by atoms with Crippen LogP contribution in [0.15, 0.2) is 23.8 Å². The number of rotatable bonds is 5. The van der Waals surface area contributed by atoms with Crippen molar-refractivity contribution in [2.45, 2.75) is 13.3 Å². The van der Waals surface area contributed by atoms with Crippen LogP contribution in [-0.2, 0) is 0 Å². The molecule has 0 spiro atoms. The second-order valence-corrected chi connectivity index (χ2v) is 3.43. The smallest absolute Gasteiger partial charge is 0.161 e. The van der Waals surface area contributed by atoms with Gasteiger partial charge in [-0.05, 0) is 29.7 Å². The summed E-state index contributed by atoms with van der Waals surface area (Å²) in [6, 6.07) is 5.69. The van der Waals surface area contributed by atoms with Gasteiger partial charge >= 0.3 is 0 Å². The number of hydrogen-bond acceptors (Lipinski definition) is 3. The minimum atomic E-state index is 0.0881. The fourth-order valence-corrected chi connectivity index (χ4v) is 1.44. The van der Waals surface area contributed by atoms with Gasteiger partial charge in [-0.1, -0.05) is 19.1 Å². The molecule has 1 aromatic carbocycles. The summed E-state index contributed by atoms with van der Waals surface area (Å²) in [4.78, 5) is 0. The van der Waals surface area contributed by atoms with Crippen LogP contribution in [0.3, 0.4) is 0 Å². The predicted molar refractivity (Wildman–Crippen MR) is 64.9 cm³/mol. The summed E-state index contributed by atoms with van der Waals surface area (Å²) >= 11 is 0. The van der Waals surface area contributed by atoms with Crippen molar-refractivity contribution in [3.05, 3.63) is 29.3 Å². The molecule has 0 aliphatic carbocycles. The first kappa shape index (κ1) is 12.6. The summed E-state index contributed by atoms with van der Waals surface area (Å²) in [7, 11) is 3.22. The van der Waals surface area contributed by atoms with Gasteiger partial charge < -0.3 is 14.6 Å². The highest BCUT2D eigenvalue weighted by molar-refractivity contribution is 5.58. The Labute approximate surface area is 96.3 Å². The zero-order chi connectivity index (χ0) is 12.0. The Morgan fingerprint density at radius 3 is 2.44 bits per heavy atom. The fraction of sp³-hybridized carbons (Fsp3) is 0.385. The van der Waals surface area contributed by atoms with E-state index < -0.39 is 0 Å². The van der Waals surface area contributed by atoms with Crippen molar-refractivity contribution >= 4 is 6.08 Å². The second kappa shape index (κ2) is 6.18. The van der Waals surface area contributed by atoms with E-state index >= 15 is 0 Å². The molecular weight excluding hydrogens is 204 g/mol. The average molecular weight is 222 g/mol. The number of aliphatic hydroxyl groups excluding tert-OH is 1. The van der Waals surface area contributed by atoms with E-state index in [2.05, 4.69) is 0 Å². The molecule has 0 bridgehead atoms. The number of benzene rings is 1. The zero-order valence-electron chi connectivity index (χ0n) is 9.99. The van der Waals surface area contributed by atoms with Crippen LogP contribution in [0.5, 0.6) is 11.5 Å². The summed E-state index contributed by atoms with van der Waals surface area (Å²) in [6.07, 6.45) is 2.80. The third-order valence-electron chi connectivity index (χ3n) is 2.44. The first-order chi connectivity index (χ1) is 7.74. The van der Waals surface area contributed by atoms with Gasteiger partial charge in [0.25, 0.3) is 0 Å². The lowest BCUT2D eigenvalue weighted by molar-refractivity contribution is 0.329. The lowest BCUT2D eigenvalue weighted by atomic mass is 10.1. The number of hydrogen-bond donors (Lipinski definition) is 1. The third kappa shape index (κ3) is 3.00. The molecule has 0 saturated carbocycles. The molecular formula is C13H18O3. The Balaban J connectivity index is 3.03. The van der Waals surface area contributed by atoms with E-state index in [1.165, 1.54) is 0 Å². The van der Waals surface area contributed by atoms with Gasteiger partial charge in [0.05, 0.1) is 20.8 Å². The molecule has 3 nitrogen and oxygen atoms in total. The quantitative estimate of drug-likeness (QED) is 0.831. The molecule has 1 N–H and O–H groups in total. The van der Waals surface area contributed by atoms with E-state index in [0.29, 0.717) is 11.5 Å². The summed E-state index contributed by atoms with van der Waals surface area (Å²) in [5.41, 5.74) is 2.00. The van der Waals surface area contributed by atoms with Gasteiger partial charge in [0.15, 0.2) is 11.5 Å². The fourth-order valence-electron chi connectivity index (χ4n) is 1.44. The van der Waals surface area contributed by atoms with Crippen molar-refractivity contribution in [2.24, 2.45) is 0 Å². The summed E-state index contributed by atoms with van der Waals surface area (Å²) in [6.45, 7) is 2.10. The summed E-state index contributed by atoms with van der Waals surface area (Å²) < 4.78 is 10.4. The van der Waals surface area contributed by atoms with Gasteiger partial charge in [-0.2, -0.15) is 0 Å². The molecule has 16 heavy (non-hydrogen) atoms. The molecule has 3 heteroatoms. The minimum Gasteiger partial charge on any atom is -0.493 e. The highest BCUT2D eigenvalue weighted by Gasteiger charge is 2.03. The van der Waals surface area contributed by atoms with E-state index in [4.69, 9.17) is 14.6 Å². The molecule has 0 saturated heterocycles. The Morgan fingerprint density at radius 1 is 1.25 bits per heavy atom. The van der Waals surface area contributed by atoms with E-state index in [-0.39, 0.29) is 6.61 Å². The van der Waals surface area contributed by atoms with Gasteiger partial charge in [0, 0.05) is 0 Å². The first-order valence-electron chi connectivity index (χ1n) is 5.27. The molecule has 0 unspecified atom stereocenters. The normalized spacial score (nSPS) is 11.4. The second-order valence-electron chi connectivity index (χ2n) is 3.43. The Kier molecular flexibility index (Phi) is 4.86. The lowest BCUT2D eigenvalue weighted by Crippen LogP contribution is -1.92. The van der Waals surface area contributed by atoms with Crippen molar-refractivity contribution in [3.63, 3.8) is 0 Å². The maximum absolute atomic E-state index is 9.09. The lowest BCUT2D eigenvalue weighted by Gasteiger charge is -2.08. The van der Waals surface area contributed by atoms with Crippen molar-refractivity contribution in [3.8, 4) is 11.5 Å². The van der Waals surface area contributed by atoms with Crippen molar-refractivity contribution < 1.29 is 14.6 Å². The molecule has 1 aromatic rings. The average Bonchev–Trinajstić information content (AvgIpc) is 2.35. The highest BCUT2D eigenvalue weighted by atomic mass is 16.5. The molecule has 1 rings (SSSR count). The van der Waals surface area contributed by atoms with Gasteiger partial charge in [0.1, 0.15) is 0 Å². The molecule has 0 heterocycles. The first-order valence-corrected chi connectivity index (χ1v) is 5.27. The minimum absolute atomic E-state index is 0.0881. The maximum Gasteiger partial charge on any atom is 0.161 e. The van der Waals surface area contributed by atoms with Gasteiger partial charge in [-0.3, -0.25) is 0 Å². The van der Waals surface area contributed by atoms with E-state index in [0.717, 1.165) is 17.6 Å². The summed E-state index contributed by atoms with van der Waals surface area (Å²) in [5, 5.41) is 9.09. The van der Waals surface area contributed by atoms with Crippen molar-refractivity contribution in [2.75, 3.05) is 20.8 Å². The number of methoxy groups -OCH3 is 2. The molecule has 0 atom stereocenters. The van der Waals surface area contributed by atoms with E-state index in [1.54, 1.807) is 14.2 Å². The molecule has 0 aliphatic heterocycles. The van der Waals surface area contributed by atoms with E-state index in [9.17, 15) is 0 Å². The van der Waals surface area contributed by atoms with Gasteiger partial charge in [0.2, 0.25) is 0 Å². The van der Waals surface area contributed by atoms with Crippen LogP contribution in [0.25, 0.3) is 6.08 Å². The number of aliphatic hydroxyl groups is 1. The van der Waals surface area contributed by atoms with Crippen LogP contribution in [0.1, 0.15) is 18.9 Å². The maximum atomic E-state index is 9.09. The van der Waals surface area contributed by atoms with Crippen LogP contribution < -0.4 is 9.47 Å². The van der Waals surface area contributed by atoms with Crippen LogP contribution in [0.4, 0.5) is 0 Å². The third-order valence-corrected chi connectivity index (χ3v) is 2.44. The molecule has 0 aromatic heterocycles. The molecule has 0 amide bonds. The predicted octanol–water partition coefficient (Wildman–Crippen LogP) is 2.49. The Morgan fingerprint density at radius 2 is 1.94 bits per heavy atom. The van der Waals surface area contributed by atoms with Crippen LogP contribution in [0, 0.1) is 0 Å². The molecule has 0 radical (unpaired) electrons. The summed E-state index contributed by atoms with van der Waals surface area (Å²) in [5.74, 6) is 1.41. The van der Waals surface area contributed by atoms with Crippen molar-refractivity contribution in [1.82, 2.24) is 0 Å². The standard InChI is InChI=1S/C13H18O3/c1-4-10(9-14)7-11-5-6-12(15-2)13(8-11)16-3/h5-8,14H,4,9H2,1-3H3. The van der Waals surface area contributed by atoms with Crippen LogP contribution in [0.2, 0.25) is 0 Å². The molecule has 88 valence electrons. The van der Waals surface area contributed by atoms with Crippen molar-refractivity contribution in [1.29, 1.82) is 0 Å². The zero-order valence-corrected chi connectivity index (χ0v) is 9.99. The molecule has 0 fully saturated rings. The Hall–Kier alpha value is -1.48. The number of ether oxygens (including phenoxy) is 2. The van der Waals surface area contributed by atoms with E-state index in [1.807, 2.05) is 31.2 Å².